The van der Waals surface area contributed by atoms with Gasteiger partial charge in [-0.3, -0.25) is 9.59 Å². The van der Waals surface area contributed by atoms with Crippen LogP contribution in [0, 0.1) is 0 Å². The van der Waals surface area contributed by atoms with Crippen LogP contribution in [0.2, 0.25) is 5.02 Å². The van der Waals surface area contributed by atoms with E-state index >= 15 is 0 Å². The highest BCUT2D eigenvalue weighted by molar-refractivity contribution is 6.46. The lowest BCUT2D eigenvalue weighted by atomic mass is 9.95. The minimum Gasteiger partial charge on any atom is -0.507 e. The number of halogens is 1. The third-order valence-electron chi connectivity index (χ3n) is 5.62. The summed E-state index contributed by atoms with van der Waals surface area (Å²) in [6.07, 6.45) is 0. The van der Waals surface area contributed by atoms with E-state index in [2.05, 4.69) is 0 Å². The number of rotatable bonds is 8. The second-order valence-corrected chi connectivity index (χ2v) is 8.28. The Morgan fingerprint density at radius 2 is 1.74 bits per heavy atom. The lowest BCUT2D eigenvalue weighted by molar-refractivity contribution is -0.140. The minimum atomic E-state index is -0.786. The molecule has 0 spiro atoms. The zero-order chi connectivity index (χ0) is 24.1. The molecule has 3 aromatic carbocycles. The maximum atomic E-state index is 13.0. The molecule has 1 N–H and O–H groups in total. The highest BCUT2D eigenvalue weighted by Crippen LogP contribution is 2.40. The van der Waals surface area contributed by atoms with Gasteiger partial charge in [-0.1, -0.05) is 54.1 Å². The van der Waals surface area contributed by atoms with Gasteiger partial charge in [-0.05, 0) is 47.5 Å². The van der Waals surface area contributed by atoms with Crippen molar-refractivity contribution in [3.05, 3.63) is 106 Å². The molecule has 6 nitrogen and oxygen atoms in total. The molecule has 1 atom stereocenters. The first-order valence-electron chi connectivity index (χ1n) is 10.8. The number of carbonyl (C=O) groups is 2. The topological polar surface area (TPSA) is 76.1 Å². The van der Waals surface area contributed by atoms with Gasteiger partial charge in [0.15, 0.2) is 0 Å². The molecule has 1 aliphatic heterocycles. The largest absolute Gasteiger partial charge is 0.507 e. The summed E-state index contributed by atoms with van der Waals surface area (Å²) in [4.78, 5) is 27.4. The number of Topliss-reactive ketones (excluding diaryl/α,β-unsaturated/α-hetero) is 1. The van der Waals surface area contributed by atoms with Crippen LogP contribution in [0.5, 0.6) is 5.75 Å². The van der Waals surface area contributed by atoms with E-state index in [1.807, 2.05) is 36.4 Å². The number of likely N-dealkylation sites (tertiary alicyclic amines) is 1. The second-order valence-electron chi connectivity index (χ2n) is 7.84. The monoisotopic (exact) mass is 477 g/mol. The van der Waals surface area contributed by atoms with Crippen molar-refractivity contribution in [1.29, 1.82) is 0 Å². The second kappa shape index (κ2) is 10.5. The fourth-order valence-electron chi connectivity index (χ4n) is 3.93. The van der Waals surface area contributed by atoms with Crippen molar-refractivity contribution < 1.29 is 24.2 Å². The lowest BCUT2D eigenvalue weighted by Crippen LogP contribution is -2.32. The van der Waals surface area contributed by atoms with Crippen LogP contribution >= 0.6 is 11.6 Å². The van der Waals surface area contributed by atoms with Gasteiger partial charge in [-0.15, -0.1) is 0 Å². The predicted molar refractivity (Wildman–Crippen MR) is 130 cm³/mol. The fraction of sp³-hybridized carbons (Fsp3) is 0.185. The Bertz CT molecular complexity index is 1210. The highest BCUT2D eigenvalue weighted by atomic mass is 35.5. The highest BCUT2D eigenvalue weighted by Gasteiger charge is 2.46. The Morgan fingerprint density at radius 3 is 2.44 bits per heavy atom. The number of hydrogen-bond donors (Lipinski definition) is 1. The fourth-order valence-corrected chi connectivity index (χ4v) is 4.05. The number of ether oxygens (including phenoxy) is 2. The molecule has 7 heteroatoms. The van der Waals surface area contributed by atoms with Crippen molar-refractivity contribution in [1.82, 2.24) is 4.90 Å². The Hall–Kier alpha value is -3.61. The SMILES string of the molecule is COCCN1C(=O)C(=O)/C(=C(/O)c2ccc(Cl)cc2)C1c1cccc(OCc2ccccc2)c1. The average Bonchev–Trinajstić information content (AvgIpc) is 3.12. The number of carbonyl (C=O) groups excluding carboxylic acids is 2. The zero-order valence-electron chi connectivity index (χ0n) is 18.6. The molecule has 1 unspecified atom stereocenters. The van der Waals surface area contributed by atoms with Crippen molar-refractivity contribution in [2.24, 2.45) is 0 Å². The number of nitrogens with zero attached hydrogens (tertiary/aromatic N) is 1. The summed E-state index contributed by atoms with van der Waals surface area (Å²) in [7, 11) is 1.53. The maximum absolute atomic E-state index is 13.0. The summed E-state index contributed by atoms with van der Waals surface area (Å²) >= 11 is 5.97. The van der Waals surface area contributed by atoms with Gasteiger partial charge in [0.1, 0.15) is 18.1 Å². The number of hydrogen-bond acceptors (Lipinski definition) is 5. The minimum absolute atomic E-state index is 0.0173. The van der Waals surface area contributed by atoms with Crippen LogP contribution in [-0.2, 0) is 20.9 Å². The van der Waals surface area contributed by atoms with E-state index in [0.717, 1.165) is 5.56 Å². The van der Waals surface area contributed by atoms with Gasteiger partial charge in [0, 0.05) is 24.2 Å². The van der Waals surface area contributed by atoms with E-state index in [1.54, 1.807) is 42.5 Å². The number of benzene rings is 3. The van der Waals surface area contributed by atoms with Crippen molar-refractivity contribution in [3.63, 3.8) is 0 Å². The first-order valence-corrected chi connectivity index (χ1v) is 11.2. The summed E-state index contributed by atoms with van der Waals surface area (Å²) < 4.78 is 11.1. The van der Waals surface area contributed by atoms with Crippen molar-refractivity contribution >= 4 is 29.1 Å². The molecular weight excluding hydrogens is 454 g/mol. The van der Waals surface area contributed by atoms with E-state index in [9.17, 15) is 14.7 Å². The van der Waals surface area contributed by atoms with Gasteiger partial charge in [0.2, 0.25) is 0 Å². The smallest absolute Gasteiger partial charge is 0.295 e. The molecular formula is C27H24ClNO5. The van der Waals surface area contributed by atoms with E-state index in [1.165, 1.54) is 12.0 Å². The Labute approximate surface area is 203 Å². The summed E-state index contributed by atoms with van der Waals surface area (Å²) in [5, 5.41) is 11.6. The van der Waals surface area contributed by atoms with Crippen LogP contribution in [0.15, 0.2) is 84.4 Å². The molecule has 0 radical (unpaired) electrons. The van der Waals surface area contributed by atoms with Crippen molar-refractivity contribution in [2.75, 3.05) is 20.3 Å². The van der Waals surface area contributed by atoms with Gasteiger partial charge in [0.25, 0.3) is 11.7 Å². The van der Waals surface area contributed by atoms with Crippen LogP contribution in [0.25, 0.3) is 5.76 Å². The van der Waals surface area contributed by atoms with Crippen molar-refractivity contribution in [2.45, 2.75) is 12.6 Å². The van der Waals surface area contributed by atoms with Gasteiger partial charge < -0.3 is 19.5 Å². The van der Waals surface area contributed by atoms with Gasteiger partial charge in [0.05, 0.1) is 18.2 Å². The van der Waals surface area contributed by atoms with Crippen LogP contribution < -0.4 is 4.74 Å². The van der Waals surface area contributed by atoms with E-state index < -0.39 is 17.7 Å². The average molecular weight is 478 g/mol. The van der Waals surface area contributed by atoms with Crippen LogP contribution in [0.3, 0.4) is 0 Å². The van der Waals surface area contributed by atoms with Gasteiger partial charge in [-0.25, -0.2) is 0 Å². The molecule has 0 aliphatic carbocycles. The summed E-state index contributed by atoms with van der Waals surface area (Å²) in [6.45, 7) is 0.811. The third kappa shape index (κ3) is 4.98. The molecule has 1 aliphatic rings. The molecule has 1 heterocycles. The van der Waals surface area contributed by atoms with Gasteiger partial charge >= 0.3 is 0 Å². The lowest BCUT2D eigenvalue weighted by Gasteiger charge is -2.25. The summed E-state index contributed by atoms with van der Waals surface area (Å²) in [5.41, 5.74) is 2.08. The Balaban J connectivity index is 1.73. The van der Waals surface area contributed by atoms with Crippen LogP contribution in [0.4, 0.5) is 0 Å². The van der Waals surface area contributed by atoms with E-state index in [4.69, 9.17) is 21.1 Å². The standard InChI is InChI=1S/C27H24ClNO5/c1-33-15-14-29-24(20-8-5-9-22(16-20)34-17-18-6-3-2-4-7-18)23(26(31)27(29)32)25(30)19-10-12-21(28)13-11-19/h2-13,16,24,30H,14-15,17H2,1H3/b25-23+. The van der Waals surface area contributed by atoms with E-state index in [-0.39, 0.29) is 24.5 Å². The number of aliphatic hydroxyl groups is 1. The predicted octanol–water partition coefficient (Wildman–Crippen LogP) is 4.99. The summed E-state index contributed by atoms with van der Waals surface area (Å²) in [5.74, 6) is -1.10. The zero-order valence-corrected chi connectivity index (χ0v) is 19.4. The van der Waals surface area contributed by atoms with Crippen LogP contribution in [-0.4, -0.2) is 42.0 Å². The molecule has 34 heavy (non-hydrogen) atoms. The van der Waals surface area contributed by atoms with Gasteiger partial charge in [-0.2, -0.15) is 0 Å². The maximum Gasteiger partial charge on any atom is 0.295 e. The third-order valence-corrected chi connectivity index (χ3v) is 5.87. The van der Waals surface area contributed by atoms with Crippen molar-refractivity contribution in [3.8, 4) is 5.75 Å². The van der Waals surface area contributed by atoms with E-state index in [0.29, 0.717) is 28.5 Å². The molecule has 3 aromatic rings. The molecule has 174 valence electrons. The number of amides is 1. The first kappa shape index (κ1) is 23.5. The Kier molecular flexibility index (Phi) is 7.30. The molecule has 0 aromatic heterocycles. The number of aliphatic hydroxyl groups excluding tert-OH is 1. The molecule has 1 amide bonds. The molecule has 0 bridgehead atoms. The molecule has 1 saturated heterocycles. The number of methoxy groups -OCH3 is 1. The molecule has 4 rings (SSSR count). The quantitative estimate of drug-likeness (QED) is 0.281. The summed E-state index contributed by atoms with van der Waals surface area (Å²) in [6, 6.07) is 22.6. The number of ketones is 1. The molecule has 0 saturated carbocycles. The first-order chi connectivity index (χ1) is 16.5. The molecule has 1 fully saturated rings. The normalized spacial score (nSPS) is 17.2. The van der Waals surface area contributed by atoms with Crippen LogP contribution in [0.1, 0.15) is 22.7 Å². The Morgan fingerprint density at radius 1 is 1.00 bits per heavy atom.